The van der Waals surface area contributed by atoms with E-state index in [4.69, 9.17) is 4.99 Å². The van der Waals surface area contributed by atoms with E-state index in [1.807, 2.05) is 11.6 Å². The second-order valence-corrected chi connectivity index (χ2v) is 7.90. The van der Waals surface area contributed by atoms with E-state index >= 15 is 0 Å². The molecule has 2 aromatic rings. The molecule has 0 radical (unpaired) electrons. The molecule has 0 fully saturated rings. The Hall–Kier alpha value is -2.37. The summed E-state index contributed by atoms with van der Waals surface area (Å²) in [4.78, 5) is 9.26. The first-order chi connectivity index (χ1) is 13.5. The number of hydrogen-bond acceptors (Lipinski definition) is 3. The van der Waals surface area contributed by atoms with Gasteiger partial charge in [0.15, 0.2) is 5.96 Å². The van der Waals surface area contributed by atoms with Crippen molar-refractivity contribution in [3.63, 3.8) is 0 Å². The van der Waals surface area contributed by atoms with Crippen LogP contribution in [0.3, 0.4) is 0 Å². The first kappa shape index (κ1) is 20.4. The highest BCUT2D eigenvalue weighted by Crippen LogP contribution is 2.15. The quantitative estimate of drug-likeness (QED) is 0.438. The van der Waals surface area contributed by atoms with Gasteiger partial charge in [0.1, 0.15) is 11.6 Å². The predicted octanol–water partition coefficient (Wildman–Crippen LogP) is 3.21. The molecule has 6 heteroatoms. The summed E-state index contributed by atoms with van der Waals surface area (Å²) in [6.45, 7) is 11.1. The molecular formula is C22H34N6. The van der Waals surface area contributed by atoms with E-state index in [0.29, 0.717) is 12.0 Å². The molecule has 1 unspecified atom stereocenters. The molecule has 28 heavy (non-hydrogen) atoms. The Balaban J connectivity index is 1.48. The zero-order valence-electron chi connectivity index (χ0n) is 17.7. The summed E-state index contributed by atoms with van der Waals surface area (Å²) < 4.78 is 2.03. The summed E-state index contributed by atoms with van der Waals surface area (Å²) >= 11 is 0. The average molecular weight is 383 g/mol. The highest BCUT2D eigenvalue weighted by atomic mass is 15.4. The molecule has 3 rings (SSSR count). The van der Waals surface area contributed by atoms with E-state index in [-0.39, 0.29) is 0 Å². The van der Waals surface area contributed by atoms with Gasteiger partial charge in [0.2, 0.25) is 0 Å². The number of guanidine groups is 1. The highest BCUT2D eigenvalue weighted by molar-refractivity contribution is 5.80. The van der Waals surface area contributed by atoms with Crippen LogP contribution in [-0.2, 0) is 19.4 Å². The predicted molar refractivity (Wildman–Crippen MR) is 115 cm³/mol. The number of hydrogen-bond donors (Lipinski definition) is 2. The minimum absolute atomic E-state index is 0.343. The van der Waals surface area contributed by atoms with E-state index in [1.165, 1.54) is 11.1 Å². The first-order valence-corrected chi connectivity index (χ1v) is 10.6. The Bertz CT molecular complexity index is 775. The number of nitrogens with one attached hydrogen (secondary N) is 2. The lowest BCUT2D eigenvalue weighted by Gasteiger charge is -2.25. The SMILES string of the molecule is CCNC(=NCCCc1ccc(C(C)C)cc1)NC1CCc2nc(C)nn2C1. The van der Waals surface area contributed by atoms with Crippen molar-refractivity contribution in [3.8, 4) is 0 Å². The Morgan fingerprint density at radius 1 is 1.29 bits per heavy atom. The van der Waals surface area contributed by atoms with Gasteiger partial charge < -0.3 is 10.6 Å². The van der Waals surface area contributed by atoms with Crippen LogP contribution in [0.2, 0.25) is 0 Å². The summed E-state index contributed by atoms with van der Waals surface area (Å²) in [6, 6.07) is 9.34. The summed E-state index contributed by atoms with van der Waals surface area (Å²) in [7, 11) is 0. The molecular weight excluding hydrogens is 348 g/mol. The molecule has 1 aromatic heterocycles. The Kier molecular flexibility index (Phi) is 7.06. The third-order valence-electron chi connectivity index (χ3n) is 5.19. The van der Waals surface area contributed by atoms with E-state index in [9.17, 15) is 0 Å². The largest absolute Gasteiger partial charge is 0.357 e. The Labute approximate surface area is 168 Å². The second kappa shape index (κ2) is 9.71. The number of aliphatic imine (C=N–C) groups is 1. The van der Waals surface area contributed by atoms with E-state index < -0.39 is 0 Å². The Morgan fingerprint density at radius 2 is 2.07 bits per heavy atom. The summed E-state index contributed by atoms with van der Waals surface area (Å²) in [5.74, 6) is 3.45. The molecule has 152 valence electrons. The van der Waals surface area contributed by atoms with Crippen LogP contribution in [0.15, 0.2) is 29.3 Å². The molecule has 1 aliphatic heterocycles. The lowest BCUT2D eigenvalue weighted by atomic mass is 10.0. The Morgan fingerprint density at radius 3 is 2.79 bits per heavy atom. The molecule has 6 nitrogen and oxygen atoms in total. The molecule has 0 amide bonds. The number of aryl methyl sites for hydroxylation is 3. The maximum Gasteiger partial charge on any atom is 0.191 e. The highest BCUT2D eigenvalue weighted by Gasteiger charge is 2.21. The topological polar surface area (TPSA) is 67.1 Å². The van der Waals surface area contributed by atoms with Crippen LogP contribution in [0.1, 0.15) is 62.3 Å². The maximum atomic E-state index is 4.78. The third kappa shape index (κ3) is 5.57. The van der Waals surface area contributed by atoms with Crippen LogP contribution in [0.25, 0.3) is 0 Å². The fourth-order valence-electron chi connectivity index (χ4n) is 3.61. The summed E-state index contributed by atoms with van der Waals surface area (Å²) in [6.07, 6.45) is 4.13. The molecule has 0 aliphatic carbocycles. The molecule has 1 aliphatic rings. The zero-order valence-corrected chi connectivity index (χ0v) is 17.7. The normalized spacial score (nSPS) is 16.9. The molecule has 0 spiro atoms. The summed E-state index contributed by atoms with van der Waals surface area (Å²) in [5, 5.41) is 11.4. The number of rotatable bonds is 7. The van der Waals surface area contributed by atoms with Gasteiger partial charge in [0.25, 0.3) is 0 Å². The van der Waals surface area contributed by atoms with E-state index in [0.717, 1.165) is 62.9 Å². The van der Waals surface area contributed by atoms with Gasteiger partial charge in [-0.05, 0) is 50.2 Å². The summed E-state index contributed by atoms with van der Waals surface area (Å²) in [5.41, 5.74) is 2.79. The smallest absolute Gasteiger partial charge is 0.191 e. The molecule has 0 saturated heterocycles. The molecule has 0 saturated carbocycles. The van der Waals surface area contributed by atoms with E-state index in [1.54, 1.807) is 0 Å². The van der Waals surface area contributed by atoms with Crippen molar-refractivity contribution in [3.05, 3.63) is 47.0 Å². The van der Waals surface area contributed by atoms with Gasteiger partial charge in [-0.1, -0.05) is 38.1 Å². The minimum Gasteiger partial charge on any atom is -0.357 e. The van der Waals surface area contributed by atoms with Crippen LogP contribution in [0.4, 0.5) is 0 Å². The maximum absolute atomic E-state index is 4.78. The molecule has 1 atom stereocenters. The third-order valence-corrected chi connectivity index (χ3v) is 5.19. The van der Waals surface area contributed by atoms with Crippen LogP contribution >= 0.6 is 0 Å². The van der Waals surface area contributed by atoms with Crippen molar-refractivity contribution >= 4 is 5.96 Å². The van der Waals surface area contributed by atoms with Gasteiger partial charge in [-0.2, -0.15) is 5.10 Å². The molecule has 2 N–H and O–H groups in total. The van der Waals surface area contributed by atoms with Gasteiger partial charge >= 0.3 is 0 Å². The number of fused-ring (bicyclic) bond motifs is 1. The number of nitrogens with zero attached hydrogens (tertiary/aromatic N) is 4. The minimum atomic E-state index is 0.343. The average Bonchev–Trinajstić information content (AvgIpc) is 3.05. The van der Waals surface area contributed by atoms with Gasteiger partial charge in [-0.15, -0.1) is 0 Å². The van der Waals surface area contributed by atoms with Crippen molar-refractivity contribution in [2.75, 3.05) is 13.1 Å². The zero-order chi connectivity index (χ0) is 19.9. The standard InChI is InChI=1S/C22H34N6/c1-5-23-22(26-20-12-13-21-25-17(4)27-28(21)15-20)24-14-6-7-18-8-10-19(11-9-18)16(2)3/h8-11,16,20H,5-7,12-15H2,1-4H3,(H2,23,24,26). The van der Waals surface area contributed by atoms with Crippen molar-refractivity contribution < 1.29 is 0 Å². The fraction of sp³-hybridized carbons (Fsp3) is 0.591. The van der Waals surface area contributed by atoms with Gasteiger partial charge in [0, 0.05) is 25.6 Å². The lowest BCUT2D eigenvalue weighted by molar-refractivity contribution is 0.392. The van der Waals surface area contributed by atoms with Gasteiger partial charge in [-0.25, -0.2) is 9.67 Å². The van der Waals surface area contributed by atoms with E-state index in [2.05, 4.69) is 65.8 Å². The first-order valence-electron chi connectivity index (χ1n) is 10.6. The monoisotopic (exact) mass is 382 g/mol. The van der Waals surface area contributed by atoms with Gasteiger partial charge in [-0.3, -0.25) is 4.99 Å². The van der Waals surface area contributed by atoms with Crippen LogP contribution < -0.4 is 10.6 Å². The molecule has 1 aromatic carbocycles. The number of aromatic nitrogens is 3. The van der Waals surface area contributed by atoms with Crippen molar-refractivity contribution in [1.82, 2.24) is 25.4 Å². The molecule has 0 bridgehead atoms. The van der Waals surface area contributed by atoms with Crippen molar-refractivity contribution in [2.45, 2.75) is 71.9 Å². The van der Waals surface area contributed by atoms with Crippen molar-refractivity contribution in [2.24, 2.45) is 4.99 Å². The van der Waals surface area contributed by atoms with Crippen LogP contribution in [0.5, 0.6) is 0 Å². The fourth-order valence-corrected chi connectivity index (χ4v) is 3.61. The number of benzene rings is 1. The second-order valence-electron chi connectivity index (χ2n) is 7.90. The molecule has 2 heterocycles. The van der Waals surface area contributed by atoms with Crippen LogP contribution in [-0.4, -0.2) is 39.9 Å². The van der Waals surface area contributed by atoms with Crippen molar-refractivity contribution in [1.29, 1.82) is 0 Å². The van der Waals surface area contributed by atoms with Gasteiger partial charge in [0.05, 0.1) is 6.54 Å². The van der Waals surface area contributed by atoms with Crippen LogP contribution in [0, 0.1) is 6.92 Å². The lowest BCUT2D eigenvalue weighted by Crippen LogP contribution is -2.47.